The van der Waals surface area contributed by atoms with Crippen LogP contribution in [0.3, 0.4) is 0 Å². The summed E-state index contributed by atoms with van der Waals surface area (Å²) in [5, 5.41) is -0.436. The molecule has 0 bridgehead atoms. The van der Waals surface area contributed by atoms with Gasteiger partial charge in [0, 0.05) is 17.9 Å². The third kappa shape index (κ3) is 2.33. The van der Waals surface area contributed by atoms with Crippen LogP contribution in [0.25, 0.3) is 0 Å². The maximum absolute atomic E-state index is 13.5. The smallest absolute Gasteiger partial charge is 0.238 e. The number of fused-ring (bicyclic) bond motifs is 2. The van der Waals surface area contributed by atoms with Crippen molar-refractivity contribution < 1.29 is 12.8 Å². The molecule has 2 aromatic carbocycles. The third-order valence-corrected chi connectivity index (χ3v) is 8.68. The summed E-state index contributed by atoms with van der Waals surface area (Å²) in [5.41, 5.74) is 2.84. The van der Waals surface area contributed by atoms with Crippen molar-refractivity contribution in [2.24, 2.45) is 0 Å². The van der Waals surface area contributed by atoms with Crippen molar-refractivity contribution in [3.8, 4) is 0 Å². The molecule has 3 nitrogen and oxygen atoms in total. The van der Waals surface area contributed by atoms with Gasteiger partial charge in [-0.3, -0.25) is 4.31 Å². The van der Waals surface area contributed by atoms with Crippen LogP contribution in [0.2, 0.25) is 0 Å². The van der Waals surface area contributed by atoms with E-state index < -0.39 is 15.3 Å². The zero-order valence-corrected chi connectivity index (χ0v) is 15.4. The Hall–Kier alpha value is -1.88. The van der Waals surface area contributed by atoms with Crippen LogP contribution in [0.5, 0.6) is 0 Å². The molecule has 3 aliphatic rings. The third-order valence-electron chi connectivity index (χ3n) is 6.45. The second kappa shape index (κ2) is 5.56. The molecular formula is C21H22FNO2S. The van der Waals surface area contributed by atoms with Gasteiger partial charge in [0.25, 0.3) is 0 Å². The Kier molecular flexibility index (Phi) is 3.48. The fourth-order valence-corrected chi connectivity index (χ4v) is 7.25. The van der Waals surface area contributed by atoms with Gasteiger partial charge < -0.3 is 0 Å². The van der Waals surface area contributed by atoms with Gasteiger partial charge in [-0.1, -0.05) is 43.2 Å². The highest BCUT2D eigenvalue weighted by molar-refractivity contribution is 7.93. The lowest BCUT2D eigenvalue weighted by molar-refractivity contribution is 0.477. The van der Waals surface area contributed by atoms with Crippen LogP contribution >= 0.6 is 0 Å². The summed E-state index contributed by atoms with van der Waals surface area (Å²) in [6.45, 7) is 0.570. The van der Waals surface area contributed by atoms with E-state index in [4.69, 9.17) is 0 Å². The summed E-state index contributed by atoms with van der Waals surface area (Å²) in [4.78, 5) is 0. The molecule has 2 aromatic rings. The van der Waals surface area contributed by atoms with E-state index in [-0.39, 0.29) is 17.2 Å². The molecular weight excluding hydrogens is 349 g/mol. The molecule has 0 aromatic heterocycles. The van der Waals surface area contributed by atoms with E-state index >= 15 is 0 Å². The lowest BCUT2D eigenvalue weighted by Crippen LogP contribution is -2.37. The van der Waals surface area contributed by atoms with E-state index in [0.29, 0.717) is 13.0 Å². The maximum Gasteiger partial charge on any atom is 0.238 e. The van der Waals surface area contributed by atoms with Crippen LogP contribution in [0, 0.1) is 5.82 Å². The average molecular weight is 371 g/mol. The van der Waals surface area contributed by atoms with Gasteiger partial charge in [0.2, 0.25) is 10.0 Å². The minimum Gasteiger partial charge on any atom is -0.269 e. The summed E-state index contributed by atoms with van der Waals surface area (Å²) in [6, 6.07) is 14.3. The maximum atomic E-state index is 13.5. The van der Waals surface area contributed by atoms with E-state index in [1.165, 1.54) is 17.7 Å². The first-order valence-corrected chi connectivity index (χ1v) is 10.9. The quantitative estimate of drug-likeness (QED) is 0.805. The largest absolute Gasteiger partial charge is 0.269 e. The van der Waals surface area contributed by atoms with Crippen molar-refractivity contribution in [3.63, 3.8) is 0 Å². The predicted molar refractivity (Wildman–Crippen MR) is 100 cm³/mol. The van der Waals surface area contributed by atoms with Gasteiger partial charge in [-0.15, -0.1) is 0 Å². The van der Waals surface area contributed by atoms with Gasteiger partial charge >= 0.3 is 0 Å². The van der Waals surface area contributed by atoms with Gasteiger partial charge in [-0.2, -0.15) is 0 Å². The molecule has 0 unspecified atom stereocenters. The molecule has 26 heavy (non-hydrogen) atoms. The Morgan fingerprint density at radius 3 is 2.58 bits per heavy atom. The zero-order valence-electron chi connectivity index (χ0n) is 14.6. The zero-order chi connectivity index (χ0) is 17.9. The van der Waals surface area contributed by atoms with Crippen molar-refractivity contribution >= 4 is 15.7 Å². The molecule has 5 rings (SSSR count). The molecule has 0 saturated heterocycles. The number of sulfonamides is 1. The van der Waals surface area contributed by atoms with Gasteiger partial charge in [-0.25, -0.2) is 12.8 Å². The molecule has 1 spiro atoms. The molecule has 2 atom stereocenters. The number of halogens is 1. The van der Waals surface area contributed by atoms with Crippen molar-refractivity contribution in [2.75, 3.05) is 10.8 Å². The number of nitrogens with zero attached hydrogens (tertiary/aromatic N) is 1. The lowest BCUT2D eigenvalue weighted by Gasteiger charge is -2.25. The minimum absolute atomic E-state index is 0.00704. The van der Waals surface area contributed by atoms with Crippen LogP contribution in [0.15, 0.2) is 48.5 Å². The molecule has 2 aliphatic carbocycles. The summed E-state index contributed by atoms with van der Waals surface area (Å²) in [6.07, 6.45) is 5.04. The van der Waals surface area contributed by atoms with Gasteiger partial charge in [0.05, 0.1) is 10.9 Å². The normalized spacial score (nSPS) is 26.3. The van der Waals surface area contributed by atoms with Crippen LogP contribution in [-0.4, -0.2) is 20.2 Å². The highest BCUT2D eigenvalue weighted by atomic mass is 32.2. The Morgan fingerprint density at radius 1 is 1.04 bits per heavy atom. The van der Waals surface area contributed by atoms with Gasteiger partial charge in [0.15, 0.2) is 0 Å². The number of benzene rings is 2. The Bertz CT molecular complexity index is 965. The molecule has 5 heteroatoms. The lowest BCUT2D eigenvalue weighted by atomic mass is 9.81. The predicted octanol–water partition coefficient (Wildman–Crippen LogP) is 4.34. The Morgan fingerprint density at radius 2 is 1.81 bits per heavy atom. The van der Waals surface area contributed by atoms with Crippen molar-refractivity contribution in [1.82, 2.24) is 0 Å². The highest BCUT2D eigenvalue weighted by Crippen LogP contribution is 2.54. The molecule has 2 fully saturated rings. The van der Waals surface area contributed by atoms with E-state index in [1.54, 1.807) is 10.4 Å². The van der Waals surface area contributed by atoms with Crippen molar-refractivity contribution in [3.05, 3.63) is 65.5 Å². The fourth-order valence-electron chi connectivity index (χ4n) is 5.04. The molecule has 1 heterocycles. The molecule has 2 saturated carbocycles. The van der Waals surface area contributed by atoms with Crippen molar-refractivity contribution in [1.29, 1.82) is 0 Å². The molecule has 136 valence electrons. The average Bonchev–Trinajstić information content (AvgIpc) is 3.22. The molecule has 0 N–H and O–H groups in total. The van der Waals surface area contributed by atoms with E-state index in [2.05, 4.69) is 6.07 Å². The summed E-state index contributed by atoms with van der Waals surface area (Å²) >= 11 is 0. The first kappa shape index (κ1) is 16.3. The summed E-state index contributed by atoms with van der Waals surface area (Å²) in [5.74, 6) is -0.398. The Labute approximate surface area is 153 Å². The monoisotopic (exact) mass is 371 g/mol. The fraction of sp³-hybridized carbons (Fsp3) is 0.429. The van der Waals surface area contributed by atoms with E-state index in [0.717, 1.165) is 36.9 Å². The topological polar surface area (TPSA) is 37.4 Å². The van der Waals surface area contributed by atoms with Crippen LogP contribution < -0.4 is 4.31 Å². The molecule has 1 aliphatic heterocycles. The summed E-state index contributed by atoms with van der Waals surface area (Å²) < 4.78 is 42.0. The standard InChI is InChI=1S/C21H22FNO2S/c22-16-7-5-6-15(12-16)17-13-20(17)26(24,25)23-14-21(10-3-4-11-21)18-8-1-2-9-19(18)23/h1-2,5-9,12,17,20H,3-4,10-11,13-14H2/t17-,20+/m0/s1. The SMILES string of the molecule is O=S(=O)([C@@H]1C[C@H]1c1cccc(F)c1)N1CC2(CCCC2)c2ccccc21. The number of hydrogen-bond acceptors (Lipinski definition) is 2. The van der Waals surface area contributed by atoms with Gasteiger partial charge in [-0.05, 0) is 48.6 Å². The first-order valence-electron chi connectivity index (χ1n) is 9.38. The number of anilines is 1. The van der Waals surface area contributed by atoms with Crippen LogP contribution in [0.4, 0.5) is 10.1 Å². The molecule has 0 amide bonds. The Balaban J connectivity index is 1.48. The van der Waals surface area contributed by atoms with E-state index in [9.17, 15) is 12.8 Å². The number of rotatable bonds is 3. The van der Waals surface area contributed by atoms with Gasteiger partial charge in [0.1, 0.15) is 5.82 Å². The number of hydrogen-bond donors (Lipinski definition) is 0. The number of para-hydroxylation sites is 1. The van der Waals surface area contributed by atoms with Crippen LogP contribution in [0.1, 0.15) is 49.1 Å². The van der Waals surface area contributed by atoms with Crippen LogP contribution in [-0.2, 0) is 15.4 Å². The molecule has 0 radical (unpaired) electrons. The second-order valence-electron chi connectivity index (χ2n) is 7.99. The first-order chi connectivity index (χ1) is 12.5. The summed E-state index contributed by atoms with van der Waals surface area (Å²) in [7, 11) is -3.44. The minimum atomic E-state index is -3.44. The van der Waals surface area contributed by atoms with Crippen molar-refractivity contribution in [2.45, 2.75) is 48.7 Å². The van der Waals surface area contributed by atoms with E-state index in [1.807, 2.05) is 24.3 Å². The second-order valence-corrected chi connectivity index (χ2v) is 10.1. The highest BCUT2D eigenvalue weighted by Gasteiger charge is 2.55.